The lowest BCUT2D eigenvalue weighted by atomic mass is 10.0. The Morgan fingerprint density at radius 1 is 1.26 bits per heavy atom. The lowest BCUT2D eigenvalue weighted by Crippen LogP contribution is -2.59. The first-order chi connectivity index (χ1) is 16.5. The Morgan fingerprint density at radius 2 is 2.15 bits per heavy atom. The van der Waals surface area contributed by atoms with Gasteiger partial charge in [0.25, 0.3) is 0 Å². The minimum Gasteiger partial charge on any atom is -0.370 e. The highest BCUT2D eigenvalue weighted by Crippen LogP contribution is 2.34. The molecule has 1 amide bonds. The summed E-state index contributed by atoms with van der Waals surface area (Å²) < 4.78 is 21.3. The van der Waals surface area contributed by atoms with Gasteiger partial charge in [0, 0.05) is 37.4 Å². The van der Waals surface area contributed by atoms with Gasteiger partial charge < -0.3 is 9.64 Å². The zero-order chi connectivity index (χ0) is 23.7. The monoisotopic (exact) mass is 482 g/mol. The molecule has 174 valence electrons. The van der Waals surface area contributed by atoms with Crippen molar-refractivity contribution >= 4 is 17.5 Å². The van der Waals surface area contributed by atoms with Gasteiger partial charge in [0.05, 0.1) is 42.1 Å². The molecule has 2 fully saturated rings. The molecule has 2 aliphatic heterocycles. The van der Waals surface area contributed by atoms with E-state index in [4.69, 9.17) is 16.3 Å². The molecule has 2 atom stereocenters. The molecule has 4 heterocycles. The van der Waals surface area contributed by atoms with Crippen molar-refractivity contribution in [2.45, 2.75) is 18.6 Å². The van der Waals surface area contributed by atoms with E-state index in [-0.39, 0.29) is 35.1 Å². The Kier molecular flexibility index (Phi) is 6.19. The SMILES string of the molecule is N#Cc1c(F)ccc(C2CN3CCN(C(=O)Cc4ccc(-n5cnnn5)cn4)CC3CO2)c1Cl. The first-order valence-corrected chi connectivity index (χ1v) is 11.1. The van der Waals surface area contributed by atoms with Crippen LogP contribution in [0.5, 0.6) is 0 Å². The maximum Gasteiger partial charge on any atom is 0.228 e. The number of morpholine rings is 1. The molecule has 0 aliphatic carbocycles. The maximum atomic E-state index is 13.8. The molecule has 2 saturated heterocycles. The van der Waals surface area contributed by atoms with Crippen molar-refractivity contribution < 1.29 is 13.9 Å². The number of ether oxygens (including phenoxy) is 1. The molecule has 5 rings (SSSR count). The fourth-order valence-corrected chi connectivity index (χ4v) is 4.64. The van der Waals surface area contributed by atoms with Crippen molar-refractivity contribution in [3.63, 3.8) is 0 Å². The van der Waals surface area contributed by atoms with Crippen LogP contribution in [-0.4, -0.2) is 79.7 Å². The number of nitrogens with zero attached hydrogens (tertiary/aromatic N) is 8. The average molecular weight is 483 g/mol. The Balaban J connectivity index is 1.19. The quantitative estimate of drug-likeness (QED) is 0.550. The molecule has 34 heavy (non-hydrogen) atoms. The van der Waals surface area contributed by atoms with Crippen LogP contribution in [0.3, 0.4) is 0 Å². The van der Waals surface area contributed by atoms with Gasteiger partial charge in [-0.2, -0.15) is 9.94 Å². The van der Waals surface area contributed by atoms with Crippen LogP contribution in [0.2, 0.25) is 5.02 Å². The summed E-state index contributed by atoms with van der Waals surface area (Å²) in [4.78, 5) is 21.3. The standard InChI is InChI=1S/C22H20ClFN8O2/c23-22-17(3-4-19(24)18(22)8-25)20-11-30-5-6-31(10-16(30)12-34-20)21(33)7-14-1-2-15(9-26-14)32-13-27-28-29-32/h1-4,9,13,16,20H,5-7,10-12H2. The molecule has 2 aliphatic rings. The van der Waals surface area contributed by atoms with E-state index in [1.54, 1.807) is 18.3 Å². The van der Waals surface area contributed by atoms with Crippen molar-refractivity contribution in [1.29, 1.82) is 5.26 Å². The Bertz CT molecular complexity index is 1230. The fourth-order valence-electron chi connectivity index (χ4n) is 4.32. The summed E-state index contributed by atoms with van der Waals surface area (Å²) in [5.41, 5.74) is 1.82. The molecule has 12 heteroatoms. The Morgan fingerprint density at radius 3 is 2.88 bits per heavy atom. The van der Waals surface area contributed by atoms with Crippen LogP contribution >= 0.6 is 11.6 Å². The van der Waals surface area contributed by atoms with Gasteiger partial charge in [-0.3, -0.25) is 14.7 Å². The number of amides is 1. The number of aromatic nitrogens is 5. The Hall–Kier alpha value is -3.46. The summed E-state index contributed by atoms with van der Waals surface area (Å²) in [6.45, 7) is 2.79. The van der Waals surface area contributed by atoms with E-state index in [1.807, 2.05) is 17.0 Å². The normalized spacial score (nSPS) is 20.6. The first-order valence-electron chi connectivity index (χ1n) is 10.7. The van der Waals surface area contributed by atoms with Gasteiger partial charge in [-0.05, 0) is 28.6 Å². The average Bonchev–Trinajstić information content (AvgIpc) is 3.39. The summed E-state index contributed by atoms with van der Waals surface area (Å²) in [6, 6.07) is 8.29. The van der Waals surface area contributed by atoms with Crippen molar-refractivity contribution in [3.05, 3.63) is 64.5 Å². The molecule has 0 saturated carbocycles. The van der Waals surface area contributed by atoms with Gasteiger partial charge in [-0.1, -0.05) is 17.7 Å². The molecular weight excluding hydrogens is 463 g/mol. The van der Waals surface area contributed by atoms with E-state index in [9.17, 15) is 14.4 Å². The highest BCUT2D eigenvalue weighted by atomic mass is 35.5. The molecule has 1 aromatic carbocycles. The molecule has 2 aromatic heterocycles. The second-order valence-corrected chi connectivity index (χ2v) is 8.56. The second kappa shape index (κ2) is 9.42. The third kappa shape index (κ3) is 4.35. The molecular formula is C22H20ClFN8O2. The molecule has 10 nitrogen and oxygen atoms in total. The zero-order valence-electron chi connectivity index (χ0n) is 18.0. The van der Waals surface area contributed by atoms with Crippen LogP contribution in [0.25, 0.3) is 5.69 Å². The predicted molar refractivity (Wildman–Crippen MR) is 117 cm³/mol. The molecule has 0 N–H and O–H groups in total. The van der Waals surface area contributed by atoms with Gasteiger partial charge in [-0.25, -0.2) is 4.39 Å². The minimum atomic E-state index is -0.642. The smallest absolute Gasteiger partial charge is 0.228 e. The van der Waals surface area contributed by atoms with Crippen LogP contribution in [0.15, 0.2) is 36.8 Å². The number of hydrogen-bond donors (Lipinski definition) is 0. The number of tetrazole rings is 1. The highest BCUT2D eigenvalue weighted by Gasteiger charge is 2.36. The summed E-state index contributed by atoms with van der Waals surface area (Å²) in [6.07, 6.45) is 2.95. The molecule has 0 radical (unpaired) electrons. The number of rotatable bonds is 4. The third-order valence-corrected chi connectivity index (χ3v) is 6.59. The predicted octanol–water partition coefficient (Wildman–Crippen LogP) is 1.55. The summed E-state index contributed by atoms with van der Waals surface area (Å²) in [5, 5.41) is 20.3. The summed E-state index contributed by atoms with van der Waals surface area (Å²) >= 11 is 6.27. The van der Waals surface area contributed by atoms with Crippen molar-refractivity contribution in [3.8, 4) is 11.8 Å². The minimum absolute atomic E-state index is 0.00434. The summed E-state index contributed by atoms with van der Waals surface area (Å²) in [7, 11) is 0. The van der Waals surface area contributed by atoms with Crippen LogP contribution in [0, 0.1) is 17.1 Å². The molecule has 0 spiro atoms. The van der Waals surface area contributed by atoms with Crippen LogP contribution in [0.1, 0.15) is 22.9 Å². The Labute approximate surface area is 199 Å². The van der Waals surface area contributed by atoms with Crippen molar-refractivity contribution in [2.24, 2.45) is 0 Å². The van der Waals surface area contributed by atoms with Crippen molar-refractivity contribution in [1.82, 2.24) is 35.0 Å². The van der Waals surface area contributed by atoms with E-state index in [0.29, 0.717) is 49.7 Å². The van der Waals surface area contributed by atoms with Gasteiger partial charge in [0.15, 0.2) is 0 Å². The van der Waals surface area contributed by atoms with E-state index < -0.39 is 5.82 Å². The molecule has 0 bridgehead atoms. The first kappa shape index (κ1) is 22.3. The number of halogens is 2. The van der Waals surface area contributed by atoms with E-state index in [2.05, 4.69) is 25.4 Å². The van der Waals surface area contributed by atoms with Crippen LogP contribution in [0.4, 0.5) is 4.39 Å². The van der Waals surface area contributed by atoms with Gasteiger partial charge in [0.2, 0.25) is 5.91 Å². The van der Waals surface area contributed by atoms with E-state index in [0.717, 1.165) is 0 Å². The summed E-state index contributed by atoms with van der Waals surface area (Å²) in [5.74, 6) is -0.638. The van der Waals surface area contributed by atoms with Crippen LogP contribution < -0.4 is 0 Å². The van der Waals surface area contributed by atoms with Gasteiger partial charge in [0.1, 0.15) is 23.8 Å². The largest absolute Gasteiger partial charge is 0.370 e. The zero-order valence-corrected chi connectivity index (χ0v) is 18.8. The van der Waals surface area contributed by atoms with E-state index >= 15 is 0 Å². The second-order valence-electron chi connectivity index (χ2n) is 8.19. The number of hydrogen-bond acceptors (Lipinski definition) is 8. The fraction of sp³-hybridized carbons (Fsp3) is 0.364. The number of pyridine rings is 1. The lowest BCUT2D eigenvalue weighted by molar-refractivity contribution is -0.139. The van der Waals surface area contributed by atoms with Crippen molar-refractivity contribution in [2.75, 3.05) is 32.8 Å². The molecule has 3 aromatic rings. The maximum absolute atomic E-state index is 13.8. The number of carbonyl (C=O) groups excluding carboxylic acids is 1. The lowest BCUT2D eigenvalue weighted by Gasteiger charge is -2.46. The number of nitriles is 1. The number of piperazine rings is 1. The third-order valence-electron chi connectivity index (χ3n) is 6.18. The number of benzene rings is 1. The highest BCUT2D eigenvalue weighted by molar-refractivity contribution is 6.32. The number of fused-ring (bicyclic) bond motifs is 1. The van der Waals surface area contributed by atoms with Gasteiger partial charge >= 0.3 is 0 Å². The van der Waals surface area contributed by atoms with Crippen LogP contribution in [-0.2, 0) is 16.0 Å². The topological polar surface area (TPSA) is 113 Å². The van der Waals surface area contributed by atoms with Gasteiger partial charge in [-0.15, -0.1) is 5.10 Å². The van der Waals surface area contributed by atoms with E-state index in [1.165, 1.54) is 17.1 Å². The number of carbonyl (C=O) groups is 1. The molecule has 2 unspecified atom stereocenters.